The number of rotatable bonds is 18. The fourth-order valence-corrected chi connectivity index (χ4v) is 4.10. The highest BCUT2D eigenvalue weighted by molar-refractivity contribution is 7.86. The number of hydrogen-bond donors (Lipinski definition) is 1. The summed E-state index contributed by atoms with van der Waals surface area (Å²) in [4.78, 5) is 22.0. The van der Waals surface area contributed by atoms with Crippen LogP contribution < -0.4 is 0 Å². The Morgan fingerprint density at radius 1 is 0.679 bits per heavy atom. The van der Waals surface area contributed by atoms with Crippen molar-refractivity contribution in [1.82, 2.24) is 0 Å². The van der Waals surface area contributed by atoms with Gasteiger partial charge in [-0.3, -0.25) is 14.1 Å². The van der Waals surface area contributed by atoms with Crippen LogP contribution in [0.25, 0.3) is 0 Å². The number of carbonyl (C=O) groups is 2. The Morgan fingerprint density at radius 2 is 1.00 bits per heavy atom. The van der Waals surface area contributed by atoms with Gasteiger partial charge in [0.2, 0.25) is 0 Å². The van der Waals surface area contributed by atoms with Crippen LogP contribution in [-0.2, 0) is 29.2 Å². The lowest BCUT2D eigenvalue weighted by Gasteiger charge is -2.13. The van der Waals surface area contributed by atoms with E-state index in [0.717, 1.165) is 70.6 Å². The first-order valence-corrected chi connectivity index (χ1v) is 11.9. The van der Waals surface area contributed by atoms with Gasteiger partial charge >= 0.3 is 11.9 Å². The lowest BCUT2D eigenvalue weighted by atomic mass is 10.0. The molecule has 28 heavy (non-hydrogen) atoms. The second kappa shape index (κ2) is 16.8. The van der Waals surface area contributed by atoms with E-state index in [1.165, 1.54) is 14.2 Å². The van der Waals surface area contributed by atoms with Crippen molar-refractivity contribution >= 4 is 22.1 Å². The zero-order chi connectivity index (χ0) is 21.3. The van der Waals surface area contributed by atoms with Crippen molar-refractivity contribution < 1.29 is 32.0 Å². The van der Waals surface area contributed by atoms with Crippen molar-refractivity contribution in [2.45, 2.75) is 102 Å². The molecule has 0 rings (SSSR count). The first-order chi connectivity index (χ1) is 13.3. The highest BCUT2D eigenvalue weighted by Crippen LogP contribution is 2.19. The minimum absolute atomic E-state index is 0.181. The first kappa shape index (κ1) is 26.9. The molecule has 0 saturated heterocycles. The topological polar surface area (TPSA) is 107 Å². The predicted octanol–water partition coefficient (Wildman–Crippen LogP) is 4.44. The van der Waals surface area contributed by atoms with Crippen LogP contribution in [0.2, 0.25) is 0 Å². The summed E-state index contributed by atoms with van der Waals surface area (Å²) in [7, 11) is -1.24. The Bertz CT molecular complexity index is 517. The number of methoxy groups -OCH3 is 2. The van der Waals surface area contributed by atoms with Crippen LogP contribution in [0.15, 0.2) is 0 Å². The Morgan fingerprint density at radius 3 is 1.32 bits per heavy atom. The van der Waals surface area contributed by atoms with Crippen LogP contribution in [-0.4, -0.2) is 44.4 Å². The molecule has 1 unspecified atom stereocenters. The van der Waals surface area contributed by atoms with E-state index in [0.29, 0.717) is 25.7 Å². The van der Waals surface area contributed by atoms with E-state index in [-0.39, 0.29) is 11.9 Å². The summed E-state index contributed by atoms with van der Waals surface area (Å²) in [5.41, 5.74) is 0. The SMILES string of the molecule is COC(=O)CCCCCCCCC(CCCCCCCC(=O)OC)S(=O)(=O)O. The molecule has 0 radical (unpaired) electrons. The number of carbonyl (C=O) groups excluding carboxylic acids is 2. The van der Waals surface area contributed by atoms with E-state index in [1.807, 2.05) is 0 Å². The van der Waals surface area contributed by atoms with Gasteiger partial charge in [-0.25, -0.2) is 0 Å². The molecule has 0 aromatic heterocycles. The van der Waals surface area contributed by atoms with Gasteiger partial charge in [-0.2, -0.15) is 8.42 Å². The van der Waals surface area contributed by atoms with Crippen LogP contribution >= 0.6 is 0 Å². The maximum atomic E-state index is 11.6. The molecule has 0 spiro atoms. The third kappa shape index (κ3) is 15.9. The van der Waals surface area contributed by atoms with Gasteiger partial charge < -0.3 is 9.47 Å². The highest BCUT2D eigenvalue weighted by Gasteiger charge is 2.21. The fraction of sp³-hybridized carbons (Fsp3) is 0.900. The molecule has 8 heteroatoms. The van der Waals surface area contributed by atoms with Crippen LogP contribution in [0, 0.1) is 0 Å². The molecule has 0 fully saturated rings. The molecule has 0 saturated carbocycles. The van der Waals surface area contributed by atoms with Gasteiger partial charge in [0.25, 0.3) is 10.1 Å². The number of hydrogen-bond acceptors (Lipinski definition) is 6. The fourth-order valence-electron chi connectivity index (χ4n) is 3.17. The standard InChI is InChI=1S/C20H38O7S/c1-26-19(21)16-12-8-4-3-6-10-14-18(28(23,24)25)15-11-7-5-9-13-17-20(22)27-2/h18H,3-17H2,1-2H3,(H,23,24,25). The van der Waals surface area contributed by atoms with Crippen molar-refractivity contribution in [3.63, 3.8) is 0 Å². The van der Waals surface area contributed by atoms with Gasteiger partial charge in [-0.05, 0) is 25.7 Å². The van der Waals surface area contributed by atoms with Gasteiger partial charge in [0, 0.05) is 12.8 Å². The molecule has 0 aliphatic rings. The number of esters is 2. The Kier molecular flexibility index (Phi) is 16.1. The van der Waals surface area contributed by atoms with Gasteiger partial charge in [0.05, 0.1) is 19.5 Å². The molecule has 0 aliphatic carbocycles. The third-order valence-electron chi connectivity index (χ3n) is 4.94. The molecule has 7 nitrogen and oxygen atoms in total. The maximum absolute atomic E-state index is 11.6. The van der Waals surface area contributed by atoms with Crippen LogP contribution in [0.5, 0.6) is 0 Å². The Hall–Kier alpha value is -1.15. The van der Waals surface area contributed by atoms with Crippen molar-refractivity contribution in [2.75, 3.05) is 14.2 Å². The molecule has 0 amide bonds. The molecular weight excluding hydrogens is 384 g/mol. The molecule has 0 aromatic rings. The monoisotopic (exact) mass is 422 g/mol. The number of unbranched alkanes of at least 4 members (excludes halogenated alkanes) is 9. The first-order valence-electron chi connectivity index (χ1n) is 10.4. The normalized spacial score (nSPS) is 12.5. The second-order valence-corrected chi connectivity index (χ2v) is 8.95. The van der Waals surface area contributed by atoms with Crippen LogP contribution in [0.3, 0.4) is 0 Å². The predicted molar refractivity (Wildman–Crippen MR) is 109 cm³/mol. The lowest BCUT2D eigenvalue weighted by Crippen LogP contribution is -2.20. The largest absolute Gasteiger partial charge is 0.469 e. The van der Waals surface area contributed by atoms with Crippen molar-refractivity contribution in [1.29, 1.82) is 0 Å². The molecule has 0 heterocycles. The average molecular weight is 423 g/mol. The summed E-state index contributed by atoms with van der Waals surface area (Å²) in [6.07, 6.45) is 11.7. The summed E-state index contributed by atoms with van der Waals surface area (Å²) < 4.78 is 41.7. The van der Waals surface area contributed by atoms with E-state index in [1.54, 1.807) is 0 Å². The molecular formula is C20H38O7S. The van der Waals surface area contributed by atoms with Crippen molar-refractivity contribution in [2.24, 2.45) is 0 Å². The van der Waals surface area contributed by atoms with Gasteiger partial charge in [0.15, 0.2) is 0 Å². The number of ether oxygens (including phenoxy) is 2. The smallest absolute Gasteiger partial charge is 0.305 e. The average Bonchev–Trinajstić information content (AvgIpc) is 2.65. The van der Waals surface area contributed by atoms with Gasteiger partial charge in [0.1, 0.15) is 0 Å². The molecule has 1 N–H and O–H groups in total. The van der Waals surface area contributed by atoms with Gasteiger partial charge in [-0.15, -0.1) is 0 Å². The molecule has 0 aliphatic heterocycles. The summed E-state index contributed by atoms with van der Waals surface area (Å²) in [6, 6.07) is 0. The summed E-state index contributed by atoms with van der Waals surface area (Å²) in [5, 5.41) is -0.679. The second-order valence-electron chi connectivity index (χ2n) is 7.26. The Balaban J connectivity index is 3.78. The minimum Gasteiger partial charge on any atom is -0.469 e. The van der Waals surface area contributed by atoms with E-state index in [2.05, 4.69) is 9.47 Å². The third-order valence-corrected chi connectivity index (χ3v) is 6.25. The Labute approximate surface area is 170 Å². The van der Waals surface area contributed by atoms with Gasteiger partial charge in [-0.1, -0.05) is 57.8 Å². The molecule has 0 bridgehead atoms. The van der Waals surface area contributed by atoms with Crippen LogP contribution in [0.1, 0.15) is 96.3 Å². The van der Waals surface area contributed by atoms with E-state index in [4.69, 9.17) is 0 Å². The summed E-state index contributed by atoms with van der Waals surface area (Å²) in [6.45, 7) is 0. The summed E-state index contributed by atoms with van der Waals surface area (Å²) in [5.74, 6) is -0.380. The summed E-state index contributed by atoms with van der Waals surface area (Å²) >= 11 is 0. The zero-order valence-corrected chi connectivity index (χ0v) is 18.3. The van der Waals surface area contributed by atoms with Crippen molar-refractivity contribution in [3.05, 3.63) is 0 Å². The zero-order valence-electron chi connectivity index (χ0n) is 17.5. The molecule has 0 aromatic carbocycles. The quantitative estimate of drug-likeness (QED) is 0.198. The lowest BCUT2D eigenvalue weighted by molar-refractivity contribution is -0.141. The van der Waals surface area contributed by atoms with Crippen molar-refractivity contribution in [3.8, 4) is 0 Å². The maximum Gasteiger partial charge on any atom is 0.305 e. The van der Waals surface area contributed by atoms with Crippen LogP contribution in [0.4, 0.5) is 0 Å². The molecule has 166 valence electrons. The highest BCUT2D eigenvalue weighted by atomic mass is 32.2. The molecule has 1 atom stereocenters. The van der Waals surface area contributed by atoms with E-state index in [9.17, 15) is 22.6 Å². The van der Waals surface area contributed by atoms with E-state index < -0.39 is 15.4 Å². The minimum atomic E-state index is -4.00. The van der Waals surface area contributed by atoms with E-state index >= 15 is 0 Å².